The van der Waals surface area contributed by atoms with Crippen molar-refractivity contribution in [3.05, 3.63) is 0 Å². The van der Waals surface area contributed by atoms with Gasteiger partial charge in [0.15, 0.2) is 5.96 Å². The van der Waals surface area contributed by atoms with Crippen molar-refractivity contribution in [1.82, 2.24) is 15.5 Å². The smallest absolute Gasteiger partial charge is 0.191 e. The molecule has 0 aromatic heterocycles. The van der Waals surface area contributed by atoms with Gasteiger partial charge in [-0.25, -0.2) is 0 Å². The molecule has 0 bridgehead atoms. The third-order valence-electron chi connectivity index (χ3n) is 3.24. The number of guanidine groups is 1. The Labute approximate surface area is 116 Å². The van der Waals surface area contributed by atoms with Crippen LogP contribution in [0.5, 0.6) is 0 Å². The monoisotopic (exact) mass is 272 g/mol. The third kappa shape index (κ3) is 7.11. The van der Waals surface area contributed by atoms with Crippen LogP contribution < -0.4 is 10.6 Å². The average Bonchev–Trinajstić information content (AvgIpc) is 2.66. The summed E-state index contributed by atoms with van der Waals surface area (Å²) in [5.41, 5.74) is 0. The van der Waals surface area contributed by atoms with Crippen molar-refractivity contribution in [2.24, 2.45) is 4.99 Å². The van der Waals surface area contributed by atoms with Gasteiger partial charge in [0.1, 0.15) is 0 Å². The predicted molar refractivity (Wildman–Crippen MR) is 82.7 cm³/mol. The number of hydrogen-bond donors (Lipinski definition) is 2. The second-order valence-corrected chi connectivity index (χ2v) is 5.66. The zero-order chi connectivity index (χ0) is 13.1. The van der Waals surface area contributed by atoms with E-state index in [1.165, 1.54) is 38.8 Å². The van der Waals surface area contributed by atoms with Crippen LogP contribution in [0.2, 0.25) is 0 Å². The molecular weight excluding hydrogens is 244 g/mol. The molecule has 0 unspecified atom stereocenters. The molecule has 0 aromatic rings. The first-order valence-electron chi connectivity index (χ1n) is 7.02. The largest absolute Gasteiger partial charge is 0.356 e. The van der Waals surface area contributed by atoms with Crippen LogP contribution in [0.15, 0.2) is 4.99 Å². The Morgan fingerprint density at radius 2 is 1.78 bits per heavy atom. The van der Waals surface area contributed by atoms with Gasteiger partial charge in [-0.1, -0.05) is 12.8 Å². The van der Waals surface area contributed by atoms with Gasteiger partial charge >= 0.3 is 0 Å². The fourth-order valence-corrected chi connectivity index (χ4v) is 2.49. The third-order valence-corrected chi connectivity index (χ3v) is 3.85. The molecule has 18 heavy (non-hydrogen) atoms. The minimum Gasteiger partial charge on any atom is -0.356 e. The van der Waals surface area contributed by atoms with Gasteiger partial charge in [0.2, 0.25) is 0 Å². The predicted octanol–water partition coefficient (Wildman–Crippen LogP) is 1.39. The molecule has 1 fully saturated rings. The Morgan fingerprint density at radius 3 is 2.39 bits per heavy atom. The molecule has 1 rings (SSSR count). The van der Waals surface area contributed by atoms with Gasteiger partial charge in [-0.3, -0.25) is 4.99 Å². The van der Waals surface area contributed by atoms with Crippen LogP contribution >= 0.6 is 11.8 Å². The summed E-state index contributed by atoms with van der Waals surface area (Å²) in [6.07, 6.45) is 7.66. The standard InChI is InChI=1S/C13H28N4S/c1-14-13(16-8-12-18-2)15-7-11-17-9-5-3-4-6-10-17/h3-12H2,1-2H3,(H2,14,15,16). The first-order chi connectivity index (χ1) is 8.86. The summed E-state index contributed by atoms with van der Waals surface area (Å²) < 4.78 is 0. The number of hydrogen-bond acceptors (Lipinski definition) is 3. The SMILES string of the molecule is CN=C(NCCSC)NCCN1CCCCCC1. The molecule has 4 nitrogen and oxygen atoms in total. The van der Waals surface area contributed by atoms with E-state index in [-0.39, 0.29) is 0 Å². The highest BCUT2D eigenvalue weighted by atomic mass is 32.2. The maximum Gasteiger partial charge on any atom is 0.191 e. The van der Waals surface area contributed by atoms with E-state index in [0.717, 1.165) is 31.3 Å². The molecule has 106 valence electrons. The molecule has 0 aromatic carbocycles. The summed E-state index contributed by atoms with van der Waals surface area (Å²) >= 11 is 1.85. The molecule has 2 N–H and O–H groups in total. The Kier molecular flexibility index (Phi) is 9.12. The van der Waals surface area contributed by atoms with Crippen LogP contribution in [0, 0.1) is 0 Å². The van der Waals surface area contributed by atoms with E-state index in [2.05, 4.69) is 26.8 Å². The molecule has 0 spiro atoms. The Morgan fingerprint density at radius 1 is 1.11 bits per heavy atom. The molecule has 1 saturated heterocycles. The maximum absolute atomic E-state index is 4.23. The van der Waals surface area contributed by atoms with E-state index in [4.69, 9.17) is 0 Å². The Bertz CT molecular complexity index is 225. The van der Waals surface area contributed by atoms with Crippen LogP contribution in [0.1, 0.15) is 25.7 Å². The highest BCUT2D eigenvalue weighted by molar-refractivity contribution is 7.98. The van der Waals surface area contributed by atoms with Crippen LogP contribution in [0.25, 0.3) is 0 Å². The van der Waals surface area contributed by atoms with Gasteiger partial charge in [0, 0.05) is 32.4 Å². The zero-order valence-corrected chi connectivity index (χ0v) is 12.7. The molecule has 1 aliphatic heterocycles. The van der Waals surface area contributed by atoms with Crippen LogP contribution in [0.3, 0.4) is 0 Å². The highest BCUT2D eigenvalue weighted by Crippen LogP contribution is 2.08. The fraction of sp³-hybridized carbons (Fsp3) is 0.923. The maximum atomic E-state index is 4.23. The van der Waals surface area contributed by atoms with Gasteiger partial charge in [-0.15, -0.1) is 0 Å². The van der Waals surface area contributed by atoms with E-state index in [0.29, 0.717) is 0 Å². The lowest BCUT2D eigenvalue weighted by Crippen LogP contribution is -2.42. The van der Waals surface area contributed by atoms with Gasteiger partial charge in [-0.2, -0.15) is 11.8 Å². The Balaban J connectivity index is 2.10. The topological polar surface area (TPSA) is 39.7 Å². The van der Waals surface area contributed by atoms with E-state index < -0.39 is 0 Å². The fourth-order valence-electron chi connectivity index (χ4n) is 2.18. The summed E-state index contributed by atoms with van der Waals surface area (Å²) in [5, 5.41) is 6.70. The number of likely N-dealkylation sites (tertiary alicyclic amines) is 1. The van der Waals surface area contributed by atoms with E-state index in [9.17, 15) is 0 Å². The summed E-state index contributed by atoms with van der Waals surface area (Å²) in [6, 6.07) is 0. The summed E-state index contributed by atoms with van der Waals surface area (Å²) in [7, 11) is 1.83. The molecule has 0 atom stereocenters. The quantitative estimate of drug-likeness (QED) is 0.435. The summed E-state index contributed by atoms with van der Waals surface area (Å²) in [4.78, 5) is 6.79. The van der Waals surface area contributed by atoms with Gasteiger partial charge in [0.05, 0.1) is 0 Å². The number of thioether (sulfide) groups is 1. The first-order valence-corrected chi connectivity index (χ1v) is 8.42. The average molecular weight is 272 g/mol. The molecule has 0 amide bonds. The summed E-state index contributed by atoms with van der Waals surface area (Å²) in [5.74, 6) is 2.05. The minimum absolute atomic E-state index is 0.930. The lowest BCUT2D eigenvalue weighted by molar-refractivity contribution is 0.289. The van der Waals surface area contributed by atoms with Crippen molar-refractivity contribution in [1.29, 1.82) is 0 Å². The number of nitrogens with zero attached hydrogens (tertiary/aromatic N) is 2. The number of rotatable bonds is 6. The zero-order valence-electron chi connectivity index (χ0n) is 11.9. The van der Waals surface area contributed by atoms with Crippen molar-refractivity contribution < 1.29 is 0 Å². The van der Waals surface area contributed by atoms with E-state index >= 15 is 0 Å². The summed E-state index contributed by atoms with van der Waals surface area (Å²) in [6.45, 7) is 5.62. The second kappa shape index (κ2) is 10.5. The molecule has 1 heterocycles. The molecule has 1 aliphatic rings. The molecular formula is C13H28N4S. The van der Waals surface area contributed by atoms with Gasteiger partial charge in [0.25, 0.3) is 0 Å². The van der Waals surface area contributed by atoms with Crippen molar-refractivity contribution in [2.45, 2.75) is 25.7 Å². The molecule has 0 radical (unpaired) electrons. The molecule has 0 aliphatic carbocycles. The van der Waals surface area contributed by atoms with Crippen LogP contribution in [0.4, 0.5) is 0 Å². The van der Waals surface area contributed by atoms with Crippen LogP contribution in [-0.4, -0.2) is 62.6 Å². The van der Waals surface area contributed by atoms with Crippen LogP contribution in [-0.2, 0) is 0 Å². The number of aliphatic imine (C=N–C) groups is 1. The number of nitrogens with one attached hydrogen (secondary N) is 2. The van der Waals surface area contributed by atoms with Gasteiger partial charge < -0.3 is 15.5 Å². The Hall–Kier alpha value is -0.420. The lowest BCUT2D eigenvalue weighted by Gasteiger charge is -2.20. The van der Waals surface area contributed by atoms with E-state index in [1.54, 1.807) is 0 Å². The molecule has 0 saturated carbocycles. The van der Waals surface area contributed by atoms with Crippen molar-refractivity contribution in [3.63, 3.8) is 0 Å². The normalized spacial score (nSPS) is 18.4. The minimum atomic E-state index is 0.930. The van der Waals surface area contributed by atoms with Gasteiger partial charge in [-0.05, 0) is 32.2 Å². The van der Waals surface area contributed by atoms with Crippen molar-refractivity contribution >= 4 is 17.7 Å². The van der Waals surface area contributed by atoms with Crippen molar-refractivity contribution in [2.75, 3.05) is 51.8 Å². The highest BCUT2D eigenvalue weighted by Gasteiger charge is 2.08. The van der Waals surface area contributed by atoms with Crippen molar-refractivity contribution in [3.8, 4) is 0 Å². The first kappa shape index (κ1) is 15.6. The molecule has 5 heteroatoms. The lowest BCUT2D eigenvalue weighted by atomic mass is 10.2. The second-order valence-electron chi connectivity index (χ2n) is 4.67. The van der Waals surface area contributed by atoms with E-state index in [1.807, 2.05) is 18.8 Å².